The Morgan fingerprint density at radius 2 is 2.36 bits per heavy atom. The predicted molar refractivity (Wildman–Crippen MR) is 47.7 cm³/mol. The van der Waals surface area contributed by atoms with Crippen LogP contribution in [0.1, 0.15) is 23.0 Å². The third kappa shape index (κ3) is 1.98. The Morgan fingerprint density at radius 3 is 2.86 bits per heavy atom. The van der Waals surface area contributed by atoms with Crippen LogP contribution in [0, 0.1) is 11.3 Å². The van der Waals surface area contributed by atoms with Gasteiger partial charge in [-0.05, 0) is 19.1 Å². The van der Waals surface area contributed by atoms with E-state index in [1.807, 2.05) is 0 Å². The number of pyridine rings is 1. The summed E-state index contributed by atoms with van der Waals surface area (Å²) in [6, 6.07) is 4.39. The second-order valence-corrected chi connectivity index (χ2v) is 2.45. The minimum Gasteiger partial charge on any atom is -0.462 e. The Hall–Kier alpha value is -2.09. The van der Waals surface area contributed by atoms with E-state index < -0.39 is 11.5 Å². The second-order valence-electron chi connectivity index (χ2n) is 2.45. The number of rotatable bonds is 2. The van der Waals surface area contributed by atoms with E-state index in [0.717, 1.165) is 0 Å². The fourth-order valence-corrected chi connectivity index (χ4v) is 0.908. The smallest absolute Gasteiger partial charge is 0.343 e. The van der Waals surface area contributed by atoms with Crippen molar-refractivity contribution >= 4 is 5.97 Å². The van der Waals surface area contributed by atoms with Gasteiger partial charge in [0.25, 0.3) is 5.56 Å². The number of nitriles is 1. The summed E-state index contributed by atoms with van der Waals surface area (Å²) in [5.74, 6) is -0.682. The minimum absolute atomic E-state index is 0.0918. The number of ether oxygens (including phenoxy) is 1. The normalized spacial score (nSPS) is 9.14. The number of carbonyl (C=O) groups excluding carboxylic acids is 1. The van der Waals surface area contributed by atoms with Gasteiger partial charge in [0.1, 0.15) is 17.3 Å². The molecule has 14 heavy (non-hydrogen) atoms. The van der Waals surface area contributed by atoms with Gasteiger partial charge >= 0.3 is 5.97 Å². The molecule has 1 heterocycles. The highest BCUT2D eigenvalue weighted by atomic mass is 16.5. The van der Waals surface area contributed by atoms with Gasteiger partial charge in [0.2, 0.25) is 0 Å². The number of aromatic nitrogens is 1. The summed E-state index contributed by atoms with van der Waals surface area (Å²) in [6.07, 6.45) is 0. The second kappa shape index (κ2) is 4.23. The molecule has 1 aromatic rings. The van der Waals surface area contributed by atoms with Gasteiger partial charge in [-0.15, -0.1) is 0 Å². The number of hydrogen-bond donors (Lipinski definition) is 1. The van der Waals surface area contributed by atoms with Crippen molar-refractivity contribution in [1.29, 1.82) is 5.26 Å². The number of nitrogens with one attached hydrogen (secondary N) is 1. The molecular formula is C9H8N2O3. The summed E-state index contributed by atoms with van der Waals surface area (Å²) >= 11 is 0. The summed E-state index contributed by atoms with van der Waals surface area (Å²) in [7, 11) is 0. The van der Waals surface area contributed by atoms with Crippen molar-refractivity contribution in [3.63, 3.8) is 0 Å². The van der Waals surface area contributed by atoms with Crippen molar-refractivity contribution in [2.75, 3.05) is 6.61 Å². The standard InChI is InChI=1S/C9H8N2O3/c1-2-14-9(13)7-4-3-6(5-10)11-8(7)12/h3-4H,2H2,1H3,(H,11,12). The Balaban J connectivity index is 3.08. The molecule has 0 amide bonds. The van der Waals surface area contributed by atoms with Crippen molar-refractivity contribution in [3.05, 3.63) is 33.7 Å². The van der Waals surface area contributed by atoms with E-state index in [0.29, 0.717) is 0 Å². The van der Waals surface area contributed by atoms with Gasteiger partial charge in [0.15, 0.2) is 0 Å². The van der Waals surface area contributed by atoms with Gasteiger partial charge in [-0.2, -0.15) is 5.26 Å². The number of hydrogen-bond acceptors (Lipinski definition) is 4. The van der Waals surface area contributed by atoms with Crippen LogP contribution >= 0.6 is 0 Å². The molecule has 1 N–H and O–H groups in total. The molecule has 0 bridgehead atoms. The van der Waals surface area contributed by atoms with E-state index in [1.165, 1.54) is 12.1 Å². The molecule has 0 saturated heterocycles. The van der Waals surface area contributed by atoms with Gasteiger partial charge < -0.3 is 9.72 Å². The highest BCUT2D eigenvalue weighted by Crippen LogP contribution is 1.96. The highest BCUT2D eigenvalue weighted by molar-refractivity contribution is 5.88. The zero-order valence-corrected chi connectivity index (χ0v) is 7.53. The van der Waals surface area contributed by atoms with Crippen LogP contribution in [-0.2, 0) is 4.74 Å². The lowest BCUT2D eigenvalue weighted by molar-refractivity contribution is 0.0524. The fourth-order valence-electron chi connectivity index (χ4n) is 0.908. The molecular weight excluding hydrogens is 184 g/mol. The Kier molecular flexibility index (Phi) is 3.02. The molecule has 0 radical (unpaired) electrons. The highest BCUT2D eigenvalue weighted by Gasteiger charge is 2.10. The molecule has 0 aliphatic rings. The minimum atomic E-state index is -0.682. The lowest BCUT2D eigenvalue weighted by atomic mass is 10.2. The number of aromatic amines is 1. The molecule has 5 nitrogen and oxygen atoms in total. The summed E-state index contributed by atoms with van der Waals surface area (Å²) in [5.41, 5.74) is -0.587. The summed E-state index contributed by atoms with van der Waals surface area (Å²) in [6.45, 7) is 1.86. The number of nitrogens with zero attached hydrogens (tertiary/aromatic N) is 1. The summed E-state index contributed by atoms with van der Waals surface area (Å²) < 4.78 is 4.64. The van der Waals surface area contributed by atoms with Gasteiger partial charge in [0.05, 0.1) is 6.61 Å². The first-order chi connectivity index (χ1) is 6.69. The third-order valence-corrected chi connectivity index (χ3v) is 1.53. The third-order valence-electron chi connectivity index (χ3n) is 1.53. The van der Waals surface area contributed by atoms with Crippen LogP contribution in [0.15, 0.2) is 16.9 Å². The van der Waals surface area contributed by atoms with E-state index >= 15 is 0 Å². The van der Waals surface area contributed by atoms with Crippen molar-refractivity contribution in [2.45, 2.75) is 6.92 Å². The maximum absolute atomic E-state index is 11.2. The van der Waals surface area contributed by atoms with Crippen LogP contribution in [0.5, 0.6) is 0 Å². The van der Waals surface area contributed by atoms with Crippen molar-refractivity contribution < 1.29 is 9.53 Å². The molecule has 0 spiro atoms. The topological polar surface area (TPSA) is 82.9 Å². The van der Waals surface area contributed by atoms with Gasteiger partial charge in [-0.1, -0.05) is 0 Å². The molecule has 0 aliphatic carbocycles. The van der Waals surface area contributed by atoms with E-state index in [1.54, 1.807) is 13.0 Å². The molecule has 0 saturated carbocycles. The summed E-state index contributed by atoms with van der Waals surface area (Å²) in [5, 5.41) is 8.46. The van der Waals surface area contributed by atoms with Crippen LogP contribution < -0.4 is 5.56 Å². The van der Waals surface area contributed by atoms with E-state index in [-0.39, 0.29) is 17.9 Å². The van der Waals surface area contributed by atoms with Gasteiger partial charge in [-0.3, -0.25) is 4.79 Å². The predicted octanol–water partition coefficient (Wildman–Crippen LogP) is 0.423. The maximum Gasteiger partial charge on any atom is 0.343 e. The number of carbonyl (C=O) groups is 1. The van der Waals surface area contributed by atoms with E-state index in [4.69, 9.17) is 5.26 Å². The monoisotopic (exact) mass is 192 g/mol. The van der Waals surface area contributed by atoms with Gasteiger partial charge in [0, 0.05) is 0 Å². The fraction of sp³-hybridized carbons (Fsp3) is 0.222. The molecule has 1 rings (SSSR count). The van der Waals surface area contributed by atoms with Crippen LogP contribution in [0.3, 0.4) is 0 Å². The molecule has 5 heteroatoms. The lowest BCUT2D eigenvalue weighted by Crippen LogP contribution is -2.20. The molecule has 0 aliphatic heterocycles. The van der Waals surface area contributed by atoms with Gasteiger partial charge in [-0.25, -0.2) is 4.79 Å². The van der Waals surface area contributed by atoms with Crippen LogP contribution in [0.2, 0.25) is 0 Å². The molecule has 0 aromatic carbocycles. The molecule has 1 aromatic heterocycles. The SMILES string of the molecule is CCOC(=O)c1ccc(C#N)[nH]c1=O. The first kappa shape index (κ1) is 9.99. The molecule has 0 fully saturated rings. The maximum atomic E-state index is 11.2. The average molecular weight is 192 g/mol. The molecule has 0 unspecified atom stereocenters. The van der Waals surface area contributed by atoms with Crippen LogP contribution in [-0.4, -0.2) is 17.6 Å². The van der Waals surface area contributed by atoms with E-state index in [9.17, 15) is 9.59 Å². The first-order valence-corrected chi connectivity index (χ1v) is 3.99. The van der Waals surface area contributed by atoms with Crippen LogP contribution in [0.25, 0.3) is 0 Å². The van der Waals surface area contributed by atoms with Crippen LogP contribution in [0.4, 0.5) is 0 Å². The summed E-state index contributed by atoms with van der Waals surface area (Å²) in [4.78, 5) is 24.6. The lowest BCUT2D eigenvalue weighted by Gasteiger charge is -1.99. The van der Waals surface area contributed by atoms with E-state index in [2.05, 4.69) is 9.72 Å². The van der Waals surface area contributed by atoms with Crippen molar-refractivity contribution in [3.8, 4) is 6.07 Å². The Morgan fingerprint density at radius 1 is 1.64 bits per heavy atom. The number of H-pyrrole nitrogens is 1. The molecule has 0 atom stereocenters. The van der Waals surface area contributed by atoms with Crippen molar-refractivity contribution in [2.24, 2.45) is 0 Å². The number of esters is 1. The Bertz CT molecular complexity index is 442. The quantitative estimate of drug-likeness (QED) is 0.688. The largest absolute Gasteiger partial charge is 0.462 e. The molecule has 72 valence electrons. The zero-order chi connectivity index (χ0) is 10.6. The zero-order valence-electron chi connectivity index (χ0n) is 7.53. The Labute approximate surface area is 79.9 Å². The average Bonchev–Trinajstić information content (AvgIpc) is 2.17. The van der Waals surface area contributed by atoms with Crippen molar-refractivity contribution in [1.82, 2.24) is 4.98 Å². The first-order valence-electron chi connectivity index (χ1n) is 3.99.